The molecule has 0 saturated carbocycles. The van der Waals surface area contributed by atoms with E-state index in [1.54, 1.807) is 40.7 Å². The van der Waals surface area contributed by atoms with Crippen LogP contribution in [0.25, 0.3) is 5.95 Å². The molecule has 0 atom stereocenters. The highest BCUT2D eigenvalue weighted by Gasteiger charge is 2.13. The quantitative estimate of drug-likeness (QED) is 0.714. The average molecular weight is 375 g/mol. The van der Waals surface area contributed by atoms with Crippen LogP contribution in [0.15, 0.2) is 33.8 Å². The van der Waals surface area contributed by atoms with Gasteiger partial charge in [0.05, 0.1) is 11.9 Å². The summed E-state index contributed by atoms with van der Waals surface area (Å²) in [6, 6.07) is 7.10. The van der Waals surface area contributed by atoms with Crippen molar-refractivity contribution < 1.29 is 5.11 Å². The van der Waals surface area contributed by atoms with Gasteiger partial charge < -0.3 is 5.11 Å². The van der Waals surface area contributed by atoms with Crippen LogP contribution in [0.3, 0.4) is 0 Å². The average Bonchev–Trinajstić information content (AvgIpc) is 3.02. The molecule has 0 radical (unpaired) electrons. The van der Waals surface area contributed by atoms with E-state index in [0.717, 1.165) is 15.9 Å². The maximum absolute atomic E-state index is 9.90. The van der Waals surface area contributed by atoms with Gasteiger partial charge in [0.1, 0.15) is 5.75 Å². The van der Waals surface area contributed by atoms with Crippen molar-refractivity contribution in [3.63, 3.8) is 0 Å². The van der Waals surface area contributed by atoms with Gasteiger partial charge in [-0.15, -0.1) is 10.2 Å². The topological polar surface area (TPSA) is 81.1 Å². The van der Waals surface area contributed by atoms with Crippen molar-refractivity contribution in [1.29, 1.82) is 0 Å². The van der Waals surface area contributed by atoms with Crippen LogP contribution in [-0.4, -0.2) is 36.0 Å². The molecule has 0 aliphatic heterocycles. The Labute approximate surface area is 141 Å². The van der Waals surface area contributed by atoms with Gasteiger partial charge in [-0.25, -0.2) is 4.68 Å². The number of aromatic nitrogens is 5. The highest BCUT2D eigenvalue weighted by molar-refractivity contribution is 9.10. The third kappa shape index (κ3) is 3.02. The van der Waals surface area contributed by atoms with E-state index in [1.807, 2.05) is 19.9 Å². The van der Waals surface area contributed by atoms with Gasteiger partial charge in [0.25, 0.3) is 5.95 Å². The van der Waals surface area contributed by atoms with E-state index >= 15 is 0 Å². The van der Waals surface area contributed by atoms with Gasteiger partial charge in [-0.05, 0) is 45.0 Å². The largest absolute Gasteiger partial charge is 0.507 e. The number of phenols is 1. The van der Waals surface area contributed by atoms with Crippen LogP contribution in [0.2, 0.25) is 0 Å². The van der Waals surface area contributed by atoms with E-state index in [2.05, 4.69) is 36.3 Å². The molecule has 3 aromatic rings. The molecule has 1 N–H and O–H groups in total. The van der Waals surface area contributed by atoms with Crippen molar-refractivity contribution in [2.24, 2.45) is 5.10 Å². The number of hydrogen-bond acceptors (Lipinski definition) is 5. The van der Waals surface area contributed by atoms with Crippen molar-refractivity contribution in [3.05, 3.63) is 51.5 Å². The molecular formula is C15H15BrN6O. The number of rotatable bonds is 3. The standard InChI is InChI=1S/C15H15BrN6O/c1-9-6-10(2)21(20-9)15-19-18-11(3)22(15)17-8-12-7-13(16)4-5-14(12)23/h4-8,23H,1-3H3/b17-8+. The summed E-state index contributed by atoms with van der Waals surface area (Å²) in [7, 11) is 0. The lowest BCUT2D eigenvalue weighted by molar-refractivity contribution is 0.474. The zero-order valence-electron chi connectivity index (χ0n) is 12.9. The minimum Gasteiger partial charge on any atom is -0.507 e. The predicted molar refractivity (Wildman–Crippen MR) is 90.2 cm³/mol. The molecule has 0 fully saturated rings. The van der Waals surface area contributed by atoms with Crippen LogP contribution in [-0.2, 0) is 0 Å². The fourth-order valence-corrected chi connectivity index (χ4v) is 2.57. The third-order valence-corrected chi connectivity index (χ3v) is 3.77. The second-order valence-corrected chi connectivity index (χ2v) is 6.06. The van der Waals surface area contributed by atoms with Gasteiger partial charge in [0, 0.05) is 15.7 Å². The van der Waals surface area contributed by atoms with Gasteiger partial charge in [0.15, 0.2) is 5.82 Å². The summed E-state index contributed by atoms with van der Waals surface area (Å²) < 4.78 is 4.13. The van der Waals surface area contributed by atoms with E-state index in [0.29, 0.717) is 17.3 Å². The Hall–Kier alpha value is -2.48. The zero-order valence-corrected chi connectivity index (χ0v) is 14.5. The first kappa shape index (κ1) is 15.4. The summed E-state index contributed by atoms with van der Waals surface area (Å²) in [5, 5.41) is 26.9. The zero-order chi connectivity index (χ0) is 16.6. The Morgan fingerprint density at radius 1 is 1.17 bits per heavy atom. The van der Waals surface area contributed by atoms with Gasteiger partial charge in [-0.3, -0.25) is 0 Å². The molecule has 0 spiro atoms. The van der Waals surface area contributed by atoms with Gasteiger partial charge in [0.2, 0.25) is 0 Å². The fourth-order valence-electron chi connectivity index (χ4n) is 2.19. The number of benzene rings is 1. The monoisotopic (exact) mass is 374 g/mol. The van der Waals surface area contributed by atoms with Gasteiger partial charge in [-0.1, -0.05) is 15.9 Å². The number of aromatic hydroxyl groups is 1. The van der Waals surface area contributed by atoms with Crippen LogP contribution in [0, 0.1) is 20.8 Å². The second-order valence-electron chi connectivity index (χ2n) is 5.15. The highest BCUT2D eigenvalue weighted by atomic mass is 79.9. The predicted octanol–water partition coefficient (Wildman–Crippen LogP) is 2.74. The van der Waals surface area contributed by atoms with E-state index in [1.165, 1.54) is 0 Å². The number of aryl methyl sites for hydroxylation is 3. The minimum absolute atomic E-state index is 0.148. The van der Waals surface area contributed by atoms with Crippen LogP contribution in [0.1, 0.15) is 22.8 Å². The van der Waals surface area contributed by atoms with Crippen LogP contribution in [0.4, 0.5) is 0 Å². The molecule has 0 bridgehead atoms. The van der Waals surface area contributed by atoms with E-state index in [-0.39, 0.29) is 5.75 Å². The molecule has 7 nitrogen and oxygen atoms in total. The van der Waals surface area contributed by atoms with Crippen molar-refractivity contribution in [2.75, 3.05) is 0 Å². The molecule has 3 rings (SSSR count). The van der Waals surface area contributed by atoms with E-state index in [9.17, 15) is 5.11 Å². The summed E-state index contributed by atoms with van der Waals surface area (Å²) in [5.41, 5.74) is 2.42. The number of nitrogens with zero attached hydrogens (tertiary/aromatic N) is 6. The normalized spacial score (nSPS) is 11.5. The number of phenolic OH excluding ortho intramolecular Hbond substituents is 1. The molecule has 118 valence electrons. The first-order valence-corrected chi connectivity index (χ1v) is 7.73. The molecule has 8 heteroatoms. The summed E-state index contributed by atoms with van der Waals surface area (Å²) in [6.45, 7) is 5.67. The SMILES string of the molecule is Cc1cc(C)n(-c2nnc(C)n2/N=C/c2cc(Br)ccc2O)n1. The number of halogens is 1. The molecule has 0 amide bonds. The molecule has 0 aliphatic rings. The maximum atomic E-state index is 9.90. The van der Waals surface area contributed by atoms with Crippen molar-refractivity contribution >= 4 is 22.1 Å². The van der Waals surface area contributed by atoms with Crippen LogP contribution in [0.5, 0.6) is 5.75 Å². The summed E-state index contributed by atoms with van der Waals surface area (Å²) >= 11 is 3.37. The maximum Gasteiger partial charge on any atom is 0.273 e. The van der Waals surface area contributed by atoms with Crippen molar-refractivity contribution in [2.45, 2.75) is 20.8 Å². The molecule has 0 saturated heterocycles. The molecule has 2 heterocycles. The fraction of sp³-hybridized carbons (Fsp3) is 0.200. The van der Waals surface area contributed by atoms with Gasteiger partial charge in [-0.2, -0.15) is 14.9 Å². The Bertz CT molecular complexity index is 896. The highest BCUT2D eigenvalue weighted by Crippen LogP contribution is 2.20. The summed E-state index contributed by atoms with van der Waals surface area (Å²) in [5.74, 6) is 1.27. The van der Waals surface area contributed by atoms with Crippen molar-refractivity contribution in [3.8, 4) is 11.7 Å². The van der Waals surface area contributed by atoms with E-state index < -0.39 is 0 Å². The van der Waals surface area contributed by atoms with Crippen LogP contribution < -0.4 is 0 Å². The molecule has 0 unspecified atom stereocenters. The lowest BCUT2D eigenvalue weighted by atomic mass is 10.2. The molecule has 2 aromatic heterocycles. The lowest BCUT2D eigenvalue weighted by Crippen LogP contribution is -2.08. The smallest absolute Gasteiger partial charge is 0.273 e. The van der Waals surface area contributed by atoms with Crippen LogP contribution >= 0.6 is 15.9 Å². The summed E-state index contributed by atoms with van der Waals surface area (Å²) in [6.07, 6.45) is 1.56. The lowest BCUT2D eigenvalue weighted by Gasteiger charge is -2.04. The summed E-state index contributed by atoms with van der Waals surface area (Å²) in [4.78, 5) is 0. The Kier molecular flexibility index (Phi) is 3.99. The Morgan fingerprint density at radius 2 is 1.96 bits per heavy atom. The molecule has 23 heavy (non-hydrogen) atoms. The third-order valence-electron chi connectivity index (χ3n) is 3.28. The molecule has 0 aliphatic carbocycles. The number of hydrogen-bond donors (Lipinski definition) is 1. The van der Waals surface area contributed by atoms with Crippen molar-refractivity contribution in [1.82, 2.24) is 24.7 Å². The minimum atomic E-state index is 0.148. The first-order valence-electron chi connectivity index (χ1n) is 6.94. The van der Waals surface area contributed by atoms with E-state index in [4.69, 9.17) is 0 Å². The molecular weight excluding hydrogens is 360 g/mol. The van der Waals surface area contributed by atoms with Gasteiger partial charge >= 0.3 is 0 Å². The Balaban J connectivity index is 2.04. The second kappa shape index (κ2) is 5.96. The first-order chi connectivity index (χ1) is 11.0. The molecule has 1 aromatic carbocycles. The Morgan fingerprint density at radius 3 is 2.65 bits per heavy atom.